The van der Waals surface area contributed by atoms with Crippen LogP contribution in [-0.4, -0.2) is 68.9 Å². The van der Waals surface area contributed by atoms with Gasteiger partial charge in [-0.2, -0.15) is 4.31 Å². The fourth-order valence-corrected chi connectivity index (χ4v) is 5.00. The van der Waals surface area contributed by atoms with E-state index in [9.17, 15) is 18.5 Å². The van der Waals surface area contributed by atoms with Crippen molar-refractivity contribution >= 4 is 21.4 Å². The molecule has 26 heavy (non-hydrogen) atoms. The molecule has 0 amide bonds. The van der Waals surface area contributed by atoms with Crippen molar-refractivity contribution in [3.8, 4) is 0 Å². The summed E-state index contributed by atoms with van der Waals surface area (Å²) in [5.41, 5.74) is 0.418. The number of benzene rings is 1. The molecular weight excluding hydrogens is 356 g/mol. The van der Waals surface area contributed by atoms with E-state index in [-0.39, 0.29) is 22.0 Å². The minimum atomic E-state index is -3.73. The molecule has 2 aliphatic rings. The van der Waals surface area contributed by atoms with Gasteiger partial charge in [0.2, 0.25) is 10.0 Å². The number of rotatable bonds is 5. The number of sulfonamides is 1. The lowest BCUT2D eigenvalue weighted by Gasteiger charge is -2.31. The maximum Gasteiger partial charge on any atom is 0.293 e. The van der Waals surface area contributed by atoms with Crippen molar-refractivity contribution in [3.63, 3.8) is 0 Å². The van der Waals surface area contributed by atoms with Gasteiger partial charge in [0.1, 0.15) is 5.69 Å². The number of hydrogen-bond donors (Lipinski definition) is 0. The third-order valence-corrected chi connectivity index (χ3v) is 7.45. The highest BCUT2D eigenvalue weighted by atomic mass is 32.2. The first-order valence-corrected chi connectivity index (χ1v) is 10.2. The summed E-state index contributed by atoms with van der Waals surface area (Å²) >= 11 is 0. The molecule has 1 saturated carbocycles. The Labute approximate surface area is 154 Å². The molecule has 9 heteroatoms. The monoisotopic (exact) mass is 382 g/mol. The molecule has 0 bridgehead atoms. The number of nitro groups is 1. The molecule has 3 rings (SSSR count). The number of anilines is 1. The Morgan fingerprint density at radius 1 is 1.23 bits per heavy atom. The standard InChI is InChI=1S/C17H26N4O4S/c1-17(2)12-16(17)19(4)14-6-5-13(11-15(14)21(22)23)26(24,25)20-9-7-18(3)8-10-20/h5-6,11,16H,7-10,12H2,1-4H3. The molecule has 1 aliphatic heterocycles. The fraction of sp³-hybridized carbons (Fsp3) is 0.647. The third-order valence-electron chi connectivity index (χ3n) is 5.55. The molecule has 1 aromatic rings. The predicted molar refractivity (Wildman–Crippen MR) is 99.9 cm³/mol. The van der Waals surface area contributed by atoms with Crippen LogP contribution in [0.15, 0.2) is 23.1 Å². The van der Waals surface area contributed by atoms with Crippen LogP contribution in [0.3, 0.4) is 0 Å². The Morgan fingerprint density at radius 3 is 2.31 bits per heavy atom. The zero-order valence-electron chi connectivity index (χ0n) is 15.7. The van der Waals surface area contributed by atoms with E-state index in [1.165, 1.54) is 16.4 Å². The molecule has 1 unspecified atom stereocenters. The van der Waals surface area contributed by atoms with Crippen LogP contribution in [0.5, 0.6) is 0 Å². The molecule has 1 atom stereocenters. The van der Waals surface area contributed by atoms with E-state index in [1.54, 1.807) is 6.07 Å². The maximum absolute atomic E-state index is 12.9. The summed E-state index contributed by atoms with van der Waals surface area (Å²) in [5.74, 6) is 0. The van der Waals surface area contributed by atoms with Crippen LogP contribution < -0.4 is 4.90 Å². The second kappa shape index (κ2) is 6.47. The lowest BCUT2D eigenvalue weighted by atomic mass is 10.1. The first-order valence-electron chi connectivity index (χ1n) is 8.74. The van der Waals surface area contributed by atoms with Crippen molar-refractivity contribution in [2.24, 2.45) is 5.41 Å². The lowest BCUT2D eigenvalue weighted by molar-refractivity contribution is -0.384. The Kier molecular flexibility index (Phi) is 4.74. The Balaban J connectivity index is 1.92. The lowest BCUT2D eigenvalue weighted by Crippen LogP contribution is -2.47. The minimum Gasteiger partial charge on any atom is -0.366 e. The van der Waals surface area contributed by atoms with Crippen LogP contribution in [0.1, 0.15) is 20.3 Å². The van der Waals surface area contributed by atoms with Crippen molar-refractivity contribution in [1.29, 1.82) is 0 Å². The first-order chi connectivity index (χ1) is 12.0. The Morgan fingerprint density at radius 2 is 1.81 bits per heavy atom. The van der Waals surface area contributed by atoms with E-state index < -0.39 is 14.9 Å². The van der Waals surface area contributed by atoms with E-state index >= 15 is 0 Å². The van der Waals surface area contributed by atoms with E-state index in [1.807, 2.05) is 19.0 Å². The van der Waals surface area contributed by atoms with Crippen LogP contribution >= 0.6 is 0 Å². The van der Waals surface area contributed by atoms with Gasteiger partial charge in [0, 0.05) is 45.3 Å². The van der Waals surface area contributed by atoms with Gasteiger partial charge in [0.15, 0.2) is 0 Å². The molecule has 1 aliphatic carbocycles. The summed E-state index contributed by atoms with van der Waals surface area (Å²) < 4.78 is 27.1. The summed E-state index contributed by atoms with van der Waals surface area (Å²) in [4.78, 5) is 15.0. The summed E-state index contributed by atoms with van der Waals surface area (Å²) in [5, 5.41) is 11.6. The van der Waals surface area contributed by atoms with Gasteiger partial charge < -0.3 is 9.80 Å². The molecule has 144 valence electrons. The SMILES string of the molecule is CN1CCN(S(=O)(=O)c2ccc(N(C)C3CC3(C)C)c([N+](=O)[O-])c2)CC1. The average molecular weight is 382 g/mol. The molecule has 0 radical (unpaired) electrons. The summed E-state index contributed by atoms with van der Waals surface area (Å²) in [6.07, 6.45) is 0.960. The molecule has 2 fully saturated rings. The molecular formula is C17H26N4O4S. The van der Waals surface area contributed by atoms with Crippen molar-refractivity contribution in [2.75, 3.05) is 45.2 Å². The van der Waals surface area contributed by atoms with Crippen LogP contribution in [-0.2, 0) is 10.0 Å². The number of piperazine rings is 1. The molecule has 1 heterocycles. The second-order valence-electron chi connectivity index (χ2n) is 7.93. The van der Waals surface area contributed by atoms with Crippen molar-refractivity contribution in [3.05, 3.63) is 28.3 Å². The summed E-state index contributed by atoms with van der Waals surface area (Å²) in [6.45, 7) is 6.32. The zero-order chi connectivity index (χ0) is 19.3. The number of nitrogens with zero attached hydrogens (tertiary/aromatic N) is 4. The van der Waals surface area contributed by atoms with Crippen LogP contribution in [0, 0.1) is 15.5 Å². The highest BCUT2D eigenvalue weighted by molar-refractivity contribution is 7.89. The highest BCUT2D eigenvalue weighted by Gasteiger charge is 2.49. The fourth-order valence-electron chi connectivity index (χ4n) is 3.55. The highest BCUT2D eigenvalue weighted by Crippen LogP contribution is 2.50. The van der Waals surface area contributed by atoms with E-state index in [4.69, 9.17) is 0 Å². The third kappa shape index (κ3) is 3.43. The average Bonchev–Trinajstić information content (AvgIpc) is 3.22. The molecule has 0 spiro atoms. The molecule has 1 saturated heterocycles. The van der Waals surface area contributed by atoms with Gasteiger partial charge in [-0.3, -0.25) is 10.1 Å². The summed E-state index contributed by atoms with van der Waals surface area (Å²) in [7, 11) is 0.0453. The van der Waals surface area contributed by atoms with Crippen molar-refractivity contribution in [2.45, 2.75) is 31.2 Å². The van der Waals surface area contributed by atoms with Gasteiger partial charge in [-0.25, -0.2) is 8.42 Å². The van der Waals surface area contributed by atoms with Crippen LogP contribution in [0.4, 0.5) is 11.4 Å². The van der Waals surface area contributed by atoms with E-state index in [0.717, 1.165) is 6.42 Å². The normalized spacial score (nSPS) is 23.6. The van der Waals surface area contributed by atoms with E-state index in [2.05, 4.69) is 18.7 Å². The number of nitro benzene ring substituents is 1. The van der Waals surface area contributed by atoms with Gasteiger partial charge in [-0.15, -0.1) is 0 Å². The Hall–Kier alpha value is -1.71. The topological polar surface area (TPSA) is 87.0 Å². The zero-order valence-corrected chi connectivity index (χ0v) is 16.5. The van der Waals surface area contributed by atoms with Crippen molar-refractivity contribution in [1.82, 2.24) is 9.21 Å². The van der Waals surface area contributed by atoms with Gasteiger partial charge in [0.25, 0.3) is 5.69 Å². The maximum atomic E-state index is 12.9. The molecule has 0 aromatic heterocycles. The Bertz CT molecular complexity index is 816. The predicted octanol–water partition coefficient (Wildman–Crippen LogP) is 1.77. The second-order valence-corrected chi connectivity index (χ2v) is 9.87. The van der Waals surface area contributed by atoms with Gasteiger partial charge >= 0.3 is 0 Å². The quantitative estimate of drug-likeness (QED) is 0.570. The largest absolute Gasteiger partial charge is 0.366 e. The first kappa shape index (κ1) is 19.1. The number of hydrogen-bond acceptors (Lipinski definition) is 6. The van der Waals surface area contributed by atoms with Gasteiger partial charge in [0.05, 0.1) is 9.82 Å². The summed E-state index contributed by atoms with van der Waals surface area (Å²) in [6, 6.07) is 4.48. The molecule has 0 N–H and O–H groups in total. The van der Waals surface area contributed by atoms with E-state index in [0.29, 0.717) is 31.9 Å². The number of likely N-dealkylation sites (N-methyl/N-ethyl adjacent to an activating group) is 1. The van der Waals surface area contributed by atoms with Crippen LogP contribution in [0.25, 0.3) is 0 Å². The minimum absolute atomic E-state index is 0.0130. The molecule has 8 nitrogen and oxygen atoms in total. The van der Waals surface area contributed by atoms with Crippen molar-refractivity contribution < 1.29 is 13.3 Å². The smallest absolute Gasteiger partial charge is 0.293 e. The molecule has 1 aromatic carbocycles. The van der Waals surface area contributed by atoms with Crippen LogP contribution in [0.2, 0.25) is 0 Å². The van der Waals surface area contributed by atoms with Gasteiger partial charge in [-0.05, 0) is 31.0 Å². The van der Waals surface area contributed by atoms with Gasteiger partial charge in [-0.1, -0.05) is 13.8 Å².